The Morgan fingerprint density at radius 2 is 1.93 bits per heavy atom. The minimum absolute atomic E-state index is 0.694. The van der Waals surface area contributed by atoms with E-state index in [1.54, 1.807) is 0 Å². The zero-order valence-electron chi connectivity index (χ0n) is 9.92. The summed E-state index contributed by atoms with van der Waals surface area (Å²) in [5, 5.41) is 6.56. The first-order valence-corrected chi connectivity index (χ1v) is 6.26. The van der Waals surface area contributed by atoms with Gasteiger partial charge in [-0.2, -0.15) is 0 Å². The Kier molecular flexibility index (Phi) is 3.49. The van der Waals surface area contributed by atoms with Crippen LogP contribution in [0.15, 0.2) is 4.99 Å². The predicted molar refractivity (Wildman–Crippen MR) is 64.0 cm³/mol. The molecule has 0 heterocycles. The van der Waals surface area contributed by atoms with Gasteiger partial charge in [-0.15, -0.1) is 0 Å². The zero-order chi connectivity index (χ0) is 10.7. The summed E-state index contributed by atoms with van der Waals surface area (Å²) in [6, 6.07) is 0.694. The molecule has 2 atom stereocenters. The molecule has 3 nitrogen and oxygen atoms in total. The summed E-state index contributed by atoms with van der Waals surface area (Å²) in [4.78, 5) is 4.16. The third-order valence-electron chi connectivity index (χ3n) is 3.88. The molecule has 0 radical (unpaired) electrons. The third kappa shape index (κ3) is 2.64. The number of nitrogens with one attached hydrogen (secondary N) is 2. The highest BCUT2D eigenvalue weighted by Gasteiger charge is 2.43. The van der Waals surface area contributed by atoms with Crippen molar-refractivity contribution in [3.05, 3.63) is 0 Å². The van der Waals surface area contributed by atoms with Gasteiger partial charge in [-0.05, 0) is 18.3 Å². The van der Waals surface area contributed by atoms with Crippen molar-refractivity contribution in [3.8, 4) is 0 Å². The first kappa shape index (κ1) is 10.8. The van der Waals surface area contributed by atoms with E-state index in [-0.39, 0.29) is 0 Å². The quantitative estimate of drug-likeness (QED) is 0.537. The van der Waals surface area contributed by atoms with Gasteiger partial charge in [0.05, 0.1) is 0 Å². The molecule has 3 heteroatoms. The molecule has 2 fully saturated rings. The van der Waals surface area contributed by atoms with E-state index in [0.29, 0.717) is 6.04 Å². The summed E-state index contributed by atoms with van der Waals surface area (Å²) in [7, 11) is 3.75. The molecule has 2 aliphatic rings. The normalized spacial score (nSPS) is 32.5. The van der Waals surface area contributed by atoms with Crippen LogP contribution in [-0.4, -0.2) is 26.1 Å². The monoisotopic (exact) mass is 209 g/mol. The highest BCUT2D eigenvalue weighted by atomic mass is 15.2. The molecule has 0 amide bonds. The molecular formula is C12H23N3. The van der Waals surface area contributed by atoms with Crippen molar-refractivity contribution in [1.82, 2.24) is 10.6 Å². The molecule has 0 aliphatic heterocycles. The van der Waals surface area contributed by atoms with E-state index in [0.717, 1.165) is 17.8 Å². The molecule has 2 unspecified atom stereocenters. The molecule has 86 valence electrons. The lowest BCUT2D eigenvalue weighted by molar-refractivity contribution is 0.316. The van der Waals surface area contributed by atoms with E-state index < -0.39 is 0 Å². The molecule has 0 spiro atoms. The number of aliphatic imine (C=N–C) groups is 1. The average molecular weight is 209 g/mol. The molecule has 2 rings (SSSR count). The molecule has 0 aromatic carbocycles. The van der Waals surface area contributed by atoms with Gasteiger partial charge >= 0.3 is 0 Å². The van der Waals surface area contributed by atoms with Crippen LogP contribution in [0.3, 0.4) is 0 Å². The van der Waals surface area contributed by atoms with E-state index in [4.69, 9.17) is 0 Å². The van der Waals surface area contributed by atoms with Crippen LogP contribution < -0.4 is 10.6 Å². The van der Waals surface area contributed by atoms with Crippen LogP contribution in [0, 0.1) is 11.8 Å². The maximum Gasteiger partial charge on any atom is 0.190 e. The van der Waals surface area contributed by atoms with Crippen molar-refractivity contribution in [2.45, 2.75) is 44.6 Å². The molecule has 0 aromatic heterocycles. The van der Waals surface area contributed by atoms with Crippen LogP contribution in [-0.2, 0) is 0 Å². The Hall–Kier alpha value is -0.730. The van der Waals surface area contributed by atoms with Crippen LogP contribution >= 0.6 is 0 Å². The number of guanidine groups is 1. The SMILES string of the molecule is CN=C(NC)NC1CC1C1CCCCC1. The Bertz CT molecular complexity index is 231. The zero-order valence-corrected chi connectivity index (χ0v) is 9.92. The molecular weight excluding hydrogens is 186 g/mol. The summed E-state index contributed by atoms with van der Waals surface area (Å²) in [6.45, 7) is 0. The summed E-state index contributed by atoms with van der Waals surface area (Å²) >= 11 is 0. The lowest BCUT2D eigenvalue weighted by Gasteiger charge is -2.21. The second kappa shape index (κ2) is 4.86. The van der Waals surface area contributed by atoms with Gasteiger partial charge in [0.15, 0.2) is 5.96 Å². The largest absolute Gasteiger partial charge is 0.359 e. The van der Waals surface area contributed by atoms with Crippen molar-refractivity contribution in [1.29, 1.82) is 0 Å². The maximum absolute atomic E-state index is 4.16. The number of hydrogen-bond donors (Lipinski definition) is 2. The number of rotatable bonds is 2. The van der Waals surface area contributed by atoms with Gasteiger partial charge in [-0.3, -0.25) is 4.99 Å². The van der Waals surface area contributed by atoms with Crippen LogP contribution in [0.25, 0.3) is 0 Å². The third-order valence-corrected chi connectivity index (χ3v) is 3.88. The molecule has 15 heavy (non-hydrogen) atoms. The van der Waals surface area contributed by atoms with Crippen molar-refractivity contribution in [2.24, 2.45) is 16.8 Å². The molecule has 2 aliphatic carbocycles. The van der Waals surface area contributed by atoms with Crippen LogP contribution in [0.4, 0.5) is 0 Å². The molecule has 2 N–H and O–H groups in total. The fraction of sp³-hybridized carbons (Fsp3) is 0.917. The van der Waals surface area contributed by atoms with E-state index in [1.807, 2.05) is 14.1 Å². The molecule has 2 saturated carbocycles. The van der Waals surface area contributed by atoms with Gasteiger partial charge in [0, 0.05) is 20.1 Å². The average Bonchev–Trinajstić information content (AvgIpc) is 3.06. The first-order chi connectivity index (χ1) is 7.35. The Morgan fingerprint density at radius 3 is 2.53 bits per heavy atom. The number of nitrogens with zero attached hydrogens (tertiary/aromatic N) is 1. The Labute approximate surface area is 92.7 Å². The van der Waals surface area contributed by atoms with Crippen LogP contribution in [0.2, 0.25) is 0 Å². The molecule has 0 aromatic rings. The fourth-order valence-corrected chi connectivity index (χ4v) is 2.89. The predicted octanol–water partition coefficient (Wildman–Crippen LogP) is 1.75. The van der Waals surface area contributed by atoms with Crippen molar-refractivity contribution < 1.29 is 0 Å². The maximum atomic E-state index is 4.16. The minimum atomic E-state index is 0.694. The van der Waals surface area contributed by atoms with Crippen molar-refractivity contribution >= 4 is 5.96 Å². The van der Waals surface area contributed by atoms with E-state index >= 15 is 0 Å². The Morgan fingerprint density at radius 1 is 1.20 bits per heavy atom. The molecule has 0 bridgehead atoms. The number of hydrogen-bond acceptors (Lipinski definition) is 1. The highest BCUT2D eigenvalue weighted by Crippen LogP contribution is 2.44. The van der Waals surface area contributed by atoms with Crippen molar-refractivity contribution in [2.75, 3.05) is 14.1 Å². The van der Waals surface area contributed by atoms with Crippen molar-refractivity contribution in [3.63, 3.8) is 0 Å². The van der Waals surface area contributed by atoms with Crippen LogP contribution in [0.5, 0.6) is 0 Å². The minimum Gasteiger partial charge on any atom is -0.359 e. The van der Waals surface area contributed by atoms with E-state index in [2.05, 4.69) is 15.6 Å². The van der Waals surface area contributed by atoms with Gasteiger partial charge in [0.25, 0.3) is 0 Å². The summed E-state index contributed by atoms with van der Waals surface area (Å²) in [5.74, 6) is 2.86. The second-order valence-corrected chi connectivity index (χ2v) is 4.87. The second-order valence-electron chi connectivity index (χ2n) is 4.87. The summed E-state index contributed by atoms with van der Waals surface area (Å²) in [6.07, 6.45) is 8.64. The van der Waals surface area contributed by atoms with Gasteiger partial charge in [-0.25, -0.2) is 0 Å². The lowest BCUT2D eigenvalue weighted by Crippen LogP contribution is -2.37. The highest BCUT2D eigenvalue weighted by molar-refractivity contribution is 5.79. The van der Waals surface area contributed by atoms with Gasteiger partial charge < -0.3 is 10.6 Å². The first-order valence-electron chi connectivity index (χ1n) is 6.26. The van der Waals surface area contributed by atoms with Gasteiger partial charge in [0.1, 0.15) is 0 Å². The standard InChI is InChI=1S/C12H23N3/c1-13-12(14-2)15-11-8-10(11)9-6-4-3-5-7-9/h9-11H,3-8H2,1-2H3,(H2,13,14,15). The topological polar surface area (TPSA) is 36.4 Å². The Balaban J connectivity index is 1.75. The smallest absolute Gasteiger partial charge is 0.190 e. The summed E-state index contributed by atoms with van der Waals surface area (Å²) in [5.41, 5.74) is 0. The summed E-state index contributed by atoms with van der Waals surface area (Å²) < 4.78 is 0. The van der Waals surface area contributed by atoms with E-state index in [9.17, 15) is 0 Å². The van der Waals surface area contributed by atoms with Gasteiger partial charge in [-0.1, -0.05) is 32.1 Å². The molecule has 0 saturated heterocycles. The lowest BCUT2D eigenvalue weighted by atomic mass is 9.85. The van der Waals surface area contributed by atoms with Crippen LogP contribution in [0.1, 0.15) is 38.5 Å². The fourth-order valence-electron chi connectivity index (χ4n) is 2.89. The van der Waals surface area contributed by atoms with E-state index in [1.165, 1.54) is 38.5 Å². The van der Waals surface area contributed by atoms with Gasteiger partial charge in [0.2, 0.25) is 0 Å².